The van der Waals surface area contributed by atoms with Gasteiger partial charge in [0, 0.05) is 28.4 Å². The molecule has 0 unspecified atom stereocenters. The lowest BCUT2D eigenvalue weighted by molar-refractivity contribution is -0.187. The molecule has 0 spiro atoms. The summed E-state index contributed by atoms with van der Waals surface area (Å²) < 4.78 is 11.3. The first-order valence-corrected chi connectivity index (χ1v) is 11.0. The molecule has 3 aliphatic carbocycles. The number of ketones is 1. The molecule has 0 amide bonds. The standard InChI is InChI=1S/C23H29ClO5/c1-5-19(26)29-23(13(2)25)9-7-16-14-10-18(24)17-11-20(27)28-12-21(17,3)15(14)6-8-22(16,23)4/h10-11,14-16H,5-9,12H2,1-4H3/t14-,15+,16+,21-,22+,23+/m1/s1. The quantitative estimate of drug-likeness (QED) is 0.635. The van der Waals surface area contributed by atoms with Crippen LogP contribution in [0.4, 0.5) is 0 Å². The molecule has 0 radical (unpaired) electrons. The minimum Gasteiger partial charge on any atom is -0.462 e. The molecule has 6 atom stereocenters. The Balaban J connectivity index is 1.77. The van der Waals surface area contributed by atoms with E-state index in [4.69, 9.17) is 21.1 Å². The fourth-order valence-corrected chi connectivity index (χ4v) is 7.20. The SMILES string of the molecule is CCC(=O)O[C@]1(C(C)=O)CC[C@H]2[C@@H]3C=C(Cl)C4=CC(=O)OC[C@]4(C)[C@H]3CC[C@@]21C. The van der Waals surface area contributed by atoms with Gasteiger partial charge < -0.3 is 9.47 Å². The van der Waals surface area contributed by atoms with Crippen molar-refractivity contribution >= 4 is 29.3 Å². The second kappa shape index (κ2) is 6.69. The number of Topliss-reactive ketones (excluding diaryl/α,β-unsaturated/α-hetero) is 1. The predicted molar refractivity (Wildman–Crippen MR) is 108 cm³/mol. The Hall–Kier alpha value is -1.62. The number of cyclic esters (lactones) is 1. The van der Waals surface area contributed by atoms with Gasteiger partial charge in [0.25, 0.3) is 0 Å². The molecule has 29 heavy (non-hydrogen) atoms. The topological polar surface area (TPSA) is 69.7 Å². The van der Waals surface area contributed by atoms with Gasteiger partial charge in [-0.3, -0.25) is 9.59 Å². The van der Waals surface area contributed by atoms with Crippen molar-refractivity contribution in [1.82, 2.24) is 0 Å². The molecular weight excluding hydrogens is 392 g/mol. The third kappa shape index (κ3) is 2.69. The number of fused-ring (bicyclic) bond motifs is 5. The smallest absolute Gasteiger partial charge is 0.331 e. The van der Waals surface area contributed by atoms with Gasteiger partial charge in [0.15, 0.2) is 11.4 Å². The molecule has 0 bridgehead atoms. The number of hydrogen-bond donors (Lipinski definition) is 0. The van der Waals surface area contributed by atoms with E-state index in [-0.39, 0.29) is 47.3 Å². The molecule has 0 aromatic heterocycles. The van der Waals surface area contributed by atoms with E-state index in [1.165, 1.54) is 6.08 Å². The fraction of sp³-hybridized carbons (Fsp3) is 0.696. The number of carbonyl (C=O) groups is 3. The summed E-state index contributed by atoms with van der Waals surface area (Å²) in [6, 6.07) is 0. The summed E-state index contributed by atoms with van der Waals surface area (Å²) in [6.45, 7) is 7.88. The zero-order chi connectivity index (χ0) is 21.2. The van der Waals surface area contributed by atoms with E-state index in [2.05, 4.69) is 19.9 Å². The molecule has 1 heterocycles. The first-order chi connectivity index (χ1) is 13.6. The average molecular weight is 421 g/mol. The molecule has 1 aliphatic heterocycles. The molecule has 158 valence electrons. The van der Waals surface area contributed by atoms with E-state index in [0.717, 1.165) is 24.8 Å². The van der Waals surface area contributed by atoms with Crippen molar-refractivity contribution in [1.29, 1.82) is 0 Å². The minimum absolute atomic E-state index is 0.0629. The Morgan fingerprint density at radius 3 is 2.59 bits per heavy atom. The highest BCUT2D eigenvalue weighted by atomic mass is 35.5. The molecule has 0 saturated heterocycles. The second-order valence-electron chi connectivity index (χ2n) is 9.59. The summed E-state index contributed by atoms with van der Waals surface area (Å²) in [7, 11) is 0. The van der Waals surface area contributed by atoms with Crippen LogP contribution in [0.2, 0.25) is 0 Å². The Morgan fingerprint density at radius 1 is 1.24 bits per heavy atom. The van der Waals surface area contributed by atoms with Crippen LogP contribution in [0.15, 0.2) is 22.8 Å². The van der Waals surface area contributed by atoms with Crippen molar-refractivity contribution in [3.05, 3.63) is 22.8 Å². The van der Waals surface area contributed by atoms with Gasteiger partial charge in [-0.25, -0.2) is 4.79 Å². The first-order valence-electron chi connectivity index (χ1n) is 10.6. The van der Waals surface area contributed by atoms with Crippen molar-refractivity contribution in [2.24, 2.45) is 28.6 Å². The lowest BCUT2D eigenvalue weighted by Crippen LogP contribution is -2.58. The van der Waals surface area contributed by atoms with E-state index in [1.807, 2.05) is 0 Å². The molecule has 4 rings (SSSR count). The predicted octanol–water partition coefficient (Wildman–Crippen LogP) is 4.34. The number of rotatable bonds is 3. The van der Waals surface area contributed by atoms with Crippen LogP contribution in [0.25, 0.3) is 0 Å². The summed E-state index contributed by atoms with van der Waals surface area (Å²) in [5.41, 5.74) is -0.950. The zero-order valence-corrected chi connectivity index (χ0v) is 18.3. The van der Waals surface area contributed by atoms with Gasteiger partial charge in [-0.05, 0) is 55.9 Å². The maximum absolute atomic E-state index is 12.8. The Kier molecular flexibility index (Phi) is 4.77. The number of halogens is 1. The van der Waals surface area contributed by atoms with Gasteiger partial charge >= 0.3 is 11.9 Å². The molecule has 2 fully saturated rings. The van der Waals surface area contributed by atoms with Crippen LogP contribution < -0.4 is 0 Å². The van der Waals surface area contributed by atoms with E-state index in [9.17, 15) is 14.4 Å². The summed E-state index contributed by atoms with van der Waals surface area (Å²) >= 11 is 6.67. The van der Waals surface area contributed by atoms with E-state index in [0.29, 0.717) is 18.1 Å². The Labute approximate surface area is 176 Å². The third-order valence-electron chi connectivity index (χ3n) is 8.40. The lowest BCUT2D eigenvalue weighted by Gasteiger charge is -2.57. The fourth-order valence-electron chi connectivity index (χ4n) is 6.79. The van der Waals surface area contributed by atoms with E-state index in [1.54, 1.807) is 13.8 Å². The molecule has 0 aromatic carbocycles. The first kappa shape index (κ1) is 20.6. The summed E-state index contributed by atoms with van der Waals surface area (Å²) in [6.07, 6.45) is 6.88. The van der Waals surface area contributed by atoms with Gasteiger partial charge in [-0.1, -0.05) is 38.4 Å². The Morgan fingerprint density at radius 2 is 1.93 bits per heavy atom. The highest BCUT2D eigenvalue weighted by molar-refractivity contribution is 6.32. The highest BCUT2D eigenvalue weighted by Crippen LogP contribution is 2.67. The molecule has 0 aromatic rings. The molecule has 6 heteroatoms. The van der Waals surface area contributed by atoms with E-state index < -0.39 is 11.0 Å². The third-order valence-corrected chi connectivity index (χ3v) is 8.73. The maximum Gasteiger partial charge on any atom is 0.331 e. The summed E-state index contributed by atoms with van der Waals surface area (Å²) in [4.78, 5) is 36.9. The monoisotopic (exact) mass is 420 g/mol. The lowest BCUT2D eigenvalue weighted by atomic mass is 9.49. The molecular formula is C23H29ClO5. The second-order valence-corrected chi connectivity index (χ2v) is 10.0. The number of carbonyl (C=O) groups excluding carboxylic acids is 3. The van der Waals surface area contributed by atoms with Gasteiger partial charge in [0.05, 0.1) is 0 Å². The molecule has 0 N–H and O–H groups in total. The largest absolute Gasteiger partial charge is 0.462 e. The van der Waals surface area contributed by atoms with Crippen LogP contribution in [-0.4, -0.2) is 29.9 Å². The van der Waals surface area contributed by atoms with Crippen LogP contribution in [-0.2, 0) is 23.9 Å². The van der Waals surface area contributed by atoms with Gasteiger partial charge in [-0.2, -0.15) is 0 Å². The molecule has 4 aliphatic rings. The highest BCUT2D eigenvalue weighted by Gasteiger charge is 2.68. The zero-order valence-electron chi connectivity index (χ0n) is 17.5. The Bertz CT molecular complexity index is 844. The van der Waals surface area contributed by atoms with E-state index >= 15 is 0 Å². The van der Waals surface area contributed by atoms with Gasteiger partial charge in [0.2, 0.25) is 0 Å². The van der Waals surface area contributed by atoms with Crippen molar-refractivity contribution in [2.45, 2.75) is 65.4 Å². The number of ether oxygens (including phenoxy) is 2. The van der Waals surface area contributed by atoms with Crippen LogP contribution >= 0.6 is 11.6 Å². The van der Waals surface area contributed by atoms with Crippen molar-refractivity contribution in [3.8, 4) is 0 Å². The minimum atomic E-state index is -1.06. The number of hydrogen-bond acceptors (Lipinski definition) is 5. The molecule has 5 nitrogen and oxygen atoms in total. The summed E-state index contributed by atoms with van der Waals surface area (Å²) in [5.74, 6) is -0.121. The number of esters is 2. The van der Waals surface area contributed by atoms with Crippen LogP contribution in [0.5, 0.6) is 0 Å². The van der Waals surface area contributed by atoms with Crippen molar-refractivity contribution < 1.29 is 23.9 Å². The summed E-state index contributed by atoms with van der Waals surface area (Å²) in [5, 5.41) is 0.612. The van der Waals surface area contributed by atoms with Crippen molar-refractivity contribution in [2.75, 3.05) is 6.61 Å². The molecule has 2 saturated carbocycles. The average Bonchev–Trinajstić information content (AvgIpc) is 2.97. The maximum atomic E-state index is 12.8. The van der Waals surface area contributed by atoms with Crippen LogP contribution in [0.1, 0.15) is 59.8 Å². The van der Waals surface area contributed by atoms with Crippen LogP contribution in [0.3, 0.4) is 0 Å². The number of allylic oxidation sites excluding steroid dienone is 2. The van der Waals surface area contributed by atoms with Crippen LogP contribution in [0, 0.1) is 28.6 Å². The normalized spacial score (nSPS) is 43.2. The van der Waals surface area contributed by atoms with Crippen molar-refractivity contribution in [3.63, 3.8) is 0 Å². The van der Waals surface area contributed by atoms with Gasteiger partial charge in [0.1, 0.15) is 6.61 Å². The van der Waals surface area contributed by atoms with Gasteiger partial charge in [-0.15, -0.1) is 0 Å².